The first-order chi connectivity index (χ1) is 8.30. The Labute approximate surface area is 114 Å². The third-order valence-corrected chi connectivity index (χ3v) is 4.72. The van der Waals surface area contributed by atoms with Crippen LogP contribution in [-0.2, 0) is 10.0 Å². The molecule has 0 radical (unpaired) electrons. The molecule has 0 aliphatic rings. The van der Waals surface area contributed by atoms with Crippen LogP contribution in [0.3, 0.4) is 0 Å². The summed E-state index contributed by atoms with van der Waals surface area (Å²) in [7, 11) is -2.42. The van der Waals surface area contributed by atoms with E-state index in [2.05, 4.69) is 0 Å². The van der Waals surface area contributed by atoms with Gasteiger partial charge < -0.3 is 0 Å². The molecule has 0 aliphatic carbocycles. The highest BCUT2D eigenvalue weighted by Gasteiger charge is 2.24. The molecule has 1 aromatic carbocycles. The first kappa shape index (κ1) is 15.2. The number of nitrogens with zero attached hydrogens (tertiary/aromatic N) is 2. The Kier molecular flexibility index (Phi) is 4.92. The minimum Gasteiger partial charge on any atom is -0.258 e. The second-order valence-corrected chi connectivity index (χ2v) is 6.19. The average Bonchev–Trinajstić information content (AvgIpc) is 2.28. The largest absolute Gasteiger partial charge is 0.271 e. The number of hydrogen-bond donors (Lipinski definition) is 0. The van der Waals surface area contributed by atoms with Crippen molar-refractivity contribution in [3.8, 4) is 0 Å². The molecule has 0 saturated carbocycles. The maximum absolute atomic E-state index is 12.0. The molecule has 6 nitrogen and oxygen atoms in total. The van der Waals surface area contributed by atoms with Gasteiger partial charge in [0.25, 0.3) is 5.69 Å². The van der Waals surface area contributed by atoms with Crippen LogP contribution in [0, 0.1) is 10.1 Å². The van der Waals surface area contributed by atoms with Crippen molar-refractivity contribution in [2.75, 3.05) is 19.5 Å². The van der Waals surface area contributed by atoms with Crippen LogP contribution in [0.15, 0.2) is 23.1 Å². The van der Waals surface area contributed by atoms with Gasteiger partial charge in [0.1, 0.15) is 4.90 Å². The lowest BCUT2D eigenvalue weighted by molar-refractivity contribution is -0.384. The third kappa shape index (κ3) is 3.11. The topological polar surface area (TPSA) is 80.5 Å². The summed E-state index contributed by atoms with van der Waals surface area (Å²) in [5, 5.41) is 10.3. The van der Waals surface area contributed by atoms with E-state index in [9.17, 15) is 18.5 Å². The van der Waals surface area contributed by atoms with Crippen LogP contribution in [-0.4, -0.2) is 37.1 Å². The summed E-state index contributed by atoms with van der Waals surface area (Å²) < 4.78 is 25.1. The Morgan fingerprint density at radius 3 is 2.50 bits per heavy atom. The summed E-state index contributed by atoms with van der Waals surface area (Å²) in [6.45, 7) is 0.122. The molecule has 0 spiro atoms. The number of hydrogen-bond acceptors (Lipinski definition) is 4. The summed E-state index contributed by atoms with van der Waals surface area (Å²) in [4.78, 5) is 9.69. The van der Waals surface area contributed by atoms with Crippen molar-refractivity contribution in [3.63, 3.8) is 0 Å². The first-order valence-corrected chi connectivity index (χ1v) is 7.12. The number of nitro groups is 1. The number of non-ortho nitro benzene ring substituents is 1. The SMILES string of the molecule is CN(CCCl)S(=O)(=O)c1ccc([N+](=O)[O-])cc1Cl. The molecule has 1 rings (SSSR count). The number of sulfonamides is 1. The maximum atomic E-state index is 12.0. The zero-order chi connectivity index (χ0) is 13.9. The Balaban J connectivity index is 3.22. The van der Waals surface area contributed by atoms with E-state index in [4.69, 9.17) is 23.2 Å². The van der Waals surface area contributed by atoms with E-state index >= 15 is 0 Å². The van der Waals surface area contributed by atoms with Gasteiger partial charge in [-0.2, -0.15) is 4.31 Å². The van der Waals surface area contributed by atoms with Crippen molar-refractivity contribution >= 4 is 38.9 Å². The molecule has 0 N–H and O–H groups in total. The summed E-state index contributed by atoms with van der Waals surface area (Å²) >= 11 is 11.2. The van der Waals surface area contributed by atoms with Gasteiger partial charge in [-0.3, -0.25) is 10.1 Å². The van der Waals surface area contributed by atoms with Crippen molar-refractivity contribution in [1.82, 2.24) is 4.31 Å². The summed E-state index contributed by atoms with van der Waals surface area (Å²) in [5.74, 6) is 0.139. The standard InChI is InChI=1S/C9H10Cl2N2O4S/c1-12(5-4-10)18(16,17)9-3-2-7(13(14)15)6-8(9)11/h2-3,6H,4-5H2,1H3. The van der Waals surface area contributed by atoms with Crippen LogP contribution >= 0.6 is 23.2 Å². The molecular formula is C9H10Cl2N2O4S. The van der Waals surface area contributed by atoms with Gasteiger partial charge in [-0.05, 0) is 6.07 Å². The van der Waals surface area contributed by atoms with Crippen molar-refractivity contribution < 1.29 is 13.3 Å². The molecule has 0 atom stereocenters. The second-order valence-electron chi connectivity index (χ2n) is 3.39. The van der Waals surface area contributed by atoms with E-state index in [1.807, 2.05) is 0 Å². The molecule has 0 unspecified atom stereocenters. The molecule has 0 saturated heterocycles. The van der Waals surface area contributed by atoms with Gasteiger partial charge in [-0.25, -0.2) is 8.42 Å². The van der Waals surface area contributed by atoms with Crippen LogP contribution < -0.4 is 0 Å². The molecule has 0 heterocycles. The van der Waals surface area contributed by atoms with Gasteiger partial charge in [0.05, 0.1) is 9.95 Å². The zero-order valence-corrected chi connectivity index (χ0v) is 11.7. The number of nitro benzene ring substituents is 1. The van der Waals surface area contributed by atoms with Crippen molar-refractivity contribution in [1.29, 1.82) is 0 Å². The highest BCUT2D eigenvalue weighted by molar-refractivity contribution is 7.89. The number of halogens is 2. The van der Waals surface area contributed by atoms with Crippen LogP contribution in [0.5, 0.6) is 0 Å². The molecular weight excluding hydrogens is 303 g/mol. The van der Waals surface area contributed by atoms with E-state index in [-0.39, 0.29) is 28.0 Å². The van der Waals surface area contributed by atoms with Crippen molar-refractivity contribution in [2.24, 2.45) is 0 Å². The van der Waals surface area contributed by atoms with Gasteiger partial charge in [0, 0.05) is 31.6 Å². The van der Waals surface area contributed by atoms with Gasteiger partial charge in [-0.1, -0.05) is 11.6 Å². The number of benzene rings is 1. The highest BCUT2D eigenvalue weighted by atomic mass is 35.5. The third-order valence-electron chi connectivity index (χ3n) is 2.21. The fraction of sp³-hybridized carbons (Fsp3) is 0.333. The molecule has 100 valence electrons. The van der Waals surface area contributed by atoms with Gasteiger partial charge in [0.2, 0.25) is 10.0 Å². The molecule has 0 aromatic heterocycles. The number of rotatable bonds is 5. The molecule has 0 bridgehead atoms. The van der Waals surface area contributed by atoms with Crippen LogP contribution in [0.1, 0.15) is 0 Å². The fourth-order valence-corrected chi connectivity index (χ4v) is 3.25. The summed E-state index contributed by atoms with van der Waals surface area (Å²) in [5.41, 5.74) is -0.265. The van der Waals surface area contributed by atoms with Crippen molar-refractivity contribution in [3.05, 3.63) is 33.3 Å². The van der Waals surface area contributed by atoms with E-state index < -0.39 is 14.9 Å². The van der Waals surface area contributed by atoms with Gasteiger partial charge in [0.15, 0.2) is 0 Å². The molecule has 0 fully saturated rings. The lowest BCUT2D eigenvalue weighted by Gasteiger charge is -2.16. The highest BCUT2D eigenvalue weighted by Crippen LogP contribution is 2.27. The first-order valence-electron chi connectivity index (χ1n) is 4.77. The average molecular weight is 313 g/mol. The predicted octanol–water partition coefficient (Wildman–Crippen LogP) is 2.11. The second kappa shape index (κ2) is 5.83. The predicted molar refractivity (Wildman–Crippen MR) is 68.6 cm³/mol. The van der Waals surface area contributed by atoms with Crippen molar-refractivity contribution in [2.45, 2.75) is 4.90 Å². The van der Waals surface area contributed by atoms with E-state index in [0.717, 1.165) is 22.5 Å². The Hall–Kier alpha value is -0.890. The summed E-state index contributed by atoms with van der Waals surface area (Å²) in [6, 6.07) is 3.21. The molecule has 1 aromatic rings. The smallest absolute Gasteiger partial charge is 0.258 e. The number of alkyl halides is 1. The lowest BCUT2D eigenvalue weighted by Crippen LogP contribution is -2.28. The molecule has 0 amide bonds. The lowest BCUT2D eigenvalue weighted by atomic mass is 10.3. The maximum Gasteiger partial charge on any atom is 0.271 e. The van der Waals surface area contributed by atoms with E-state index in [1.165, 1.54) is 7.05 Å². The van der Waals surface area contributed by atoms with Gasteiger partial charge in [-0.15, -0.1) is 11.6 Å². The van der Waals surface area contributed by atoms with Crippen LogP contribution in [0.4, 0.5) is 5.69 Å². The van der Waals surface area contributed by atoms with Crippen LogP contribution in [0.25, 0.3) is 0 Å². The van der Waals surface area contributed by atoms with E-state index in [0.29, 0.717) is 0 Å². The minimum absolute atomic E-state index is 0.122. The van der Waals surface area contributed by atoms with E-state index in [1.54, 1.807) is 0 Å². The Morgan fingerprint density at radius 2 is 2.06 bits per heavy atom. The zero-order valence-electron chi connectivity index (χ0n) is 9.34. The fourth-order valence-electron chi connectivity index (χ4n) is 1.22. The molecule has 9 heteroatoms. The molecule has 18 heavy (non-hydrogen) atoms. The summed E-state index contributed by atoms with van der Waals surface area (Å²) in [6.07, 6.45) is 0. The Bertz CT molecular complexity index is 562. The quantitative estimate of drug-likeness (QED) is 0.474. The Morgan fingerprint density at radius 1 is 1.44 bits per heavy atom. The molecule has 0 aliphatic heterocycles. The monoisotopic (exact) mass is 312 g/mol. The minimum atomic E-state index is -3.78. The van der Waals surface area contributed by atoms with Gasteiger partial charge >= 0.3 is 0 Å². The van der Waals surface area contributed by atoms with Crippen LogP contribution in [0.2, 0.25) is 5.02 Å². The normalized spacial score (nSPS) is 11.8.